The Morgan fingerprint density at radius 1 is 1.24 bits per heavy atom. The maximum Gasteiger partial charge on any atom is 0.226 e. The molecule has 4 nitrogen and oxygen atoms in total. The predicted octanol–water partition coefficient (Wildman–Crippen LogP) is 2.73. The van der Waals surface area contributed by atoms with E-state index in [0.29, 0.717) is 23.7 Å². The average molecular weight is 289 g/mol. The number of nitrogens with one attached hydrogen (secondary N) is 1. The van der Waals surface area contributed by atoms with Gasteiger partial charge in [0.15, 0.2) is 5.82 Å². The fraction of sp³-hybridized carbons (Fsp3) is 0.500. The molecule has 1 aliphatic heterocycles. The zero-order valence-electron chi connectivity index (χ0n) is 12.0. The number of benzene rings is 1. The predicted molar refractivity (Wildman–Crippen MR) is 77.4 cm³/mol. The highest BCUT2D eigenvalue weighted by Crippen LogP contribution is 2.18. The molecule has 0 unspecified atom stereocenters. The maximum absolute atomic E-state index is 13.6. The van der Waals surface area contributed by atoms with Crippen LogP contribution >= 0.6 is 0 Å². The van der Waals surface area contributed by atoms with Gasteiger partial charge in [-0.2, -0.15) is 4.98 Å². The van der Waals surface area contributed by atoms with Gasteiger partial charge in [-0.1, -0.05) is 23.4 Å². The van der Waals surface area contributed by atoms with E-state index in [9.17, 15) is 4.39 Å². The van der Waals surface area contributed by atoms with Crippen molar-refractivity contribution in [3.63, 3.8) is 0 Å². The summed E-state index contributed by atoms with van der Waals surface area (Å²) in [5.41, 5.74) is 0.600. The van der Waals surface area contributed by atoms with Crippen LogP contribution in [0.4, 0.5) is 4.39 Å². The molecular formula is C16H20FN3O. The van der Waals surface area contributed by atoms with Crippen molar-refractivity contribution >= 4 is 0 Å². The van der Waals surface area contributed by atoms with Crippen LogP contribution in [0.1, 0.15) is 36.5 Å². The second-order valence-electron chi connectivity index (χ2n) is 5.60. The van der Waals surface area contributed by atoms with Crippen molar-refractivity contribution in [3.8, 4) is 0 Å². The van der Waals surface area contributed by atoms with Crippen molar-refractivity contribution in [2.24, 2.45) is 5.92 Å². The Kier molecular flexibility index (Phi) is 4.60. The summed E-state index contributed by atoms with van der Waals surface area (Å²) in [6.45, 7) is 2.21. The third-order valence-electron chi connectivity index (χ3n) is 4.04. The van der Waals surface area contributed by atoms with Crippen LogP contribution in [-0.4, -0.2) is 23.2 Å². The first-order chi connectivity index (χ1) is 10.3. The van der Waals surface area contributed by atoms with Gasteiger partial charge in [0.05, 0.1) is 0 Å². The third kappa shape index (κ3) is 3.88. The number of piperidine rings is 1. The number of aromatic nitrogens is 2. The molecule has 5 heteroatoms. The lowest BCUT2D eigenvalue weighted by Crippen LogP contribution is -2.27. The molecule has 0 amide bonds. The van der Waals surface area contributed by atoms with Crippen molar-refractivity contribution in [1.29, 1.82) is 0 Å². The monoisotopic (exact) mass is 289 g/mol. The maximum atomic E-state index is 13.6. The summed E-state index contributed by atoms with van der Waals surface area (Å²) in [7, 11) is 0. The van der Waals surface area contributed by atoms with Gasteiger partial charge in [0, 0.05) is 12.8 Å². The number of hydrogen-bond donors (Lipinski definition) is 1. The van der Waals surface area contributed by atoms with Crippen LogP contribution < -0.4 is 5.32 Å². The zero-order chi connectivity index (χ0) is 14.5. The highest BCUT2D eigenvalue weighted by Gasteiger charge is 2.15. The summed E-state index contributed by atoms with van der Waals surface area (Å²) < 4.78 is 18.8. The molecule has 0 atom stereocenters. The first kappa shape index (κ1) is 14.2. The van der Waals surface area contributed by atoms with Crippen molar-refractivity contribution in [1.82, 2.24) is 15.5 Å². The van der Waals surface area contributed by atoms with Crippen LogP contribution in [0.2, 0.25) is 0 Å². The number of nitrogens with zero attached hydrogens (tertiary/aromatic N) is 2. The number of hydrogen-bond acceptors (Lipinski definition) is 4. The first-order valence-corrected chi connectivity index (χ1v) is 7.57. The molecule has 1 aromatic heterocycles. The number of halogens is 1. The minimum absolute atomic E-state index is 0.224. The van der Waals surface area contributed by atoms with Gasteiger partial charge in [-0.3, -0.25) is 0 Å². The molecular weight excluding hydrogens is 269 g/mol. The van der Waals surface area contributed by atoms with E-state index >= 15 is 0 Å². The molecule has 0 saturated carbocycles. The van der Waals surface area contributed by atoms with Gasteiger partial charge in [0.25, 0.3) is 0 Å². The standard InChI is InChI=1S/C16H20FN3O/c17-14-4-2-1-3-13(14)11-15-19-16(21-20-15)6-5-12-7-9-18-10-8-12/h1-4,12,18H,5-11H2. The van der Waals surface area contributed by atoms with E-state index < -0.39 is 0 Å². The van der Waals surface area contributed by atoms with Crippen LogP contribution in [0.5, 0.6) is 0 Å². The lowest BCUT2D eigenvalue weighted by Gasteiger charge is -2.21. The minimum atomic E-state index is -0.224. The second-order valence-corrected chi connectivity index (χ2v) is 5.60. The SMILES string of the molecule is Fc1ccccc1Cc1noc(CCC2CCNCC2)n1. The summed E-state index contributed by atoms with van der Waals surface area (Å²) in [5, 5.41) is 7.31. The van der Waals surface area contributed by atoms with Crippen molar-refractivity contribution in [2.75, 3.05) is 13.1 Å². The third-order valence-corrected chi connectivity index (χ3v) is 4.04. The van der Waals surface area contributed by atoms with Crippen LogP contribution in [0.15, 0.2) is 28.8 Å². The largest absolute Gasteiger partial charge is 0.339 e. The normalized spacial score (nSPS) is 16.2. The van der Waals surface area contributed by atoms with Crippen molar-refractivity contribution in [3.05, 3.63) is 47.4 Å². The Balaban J connectivity index is 1.55. The van der Waals surface area contributed by atoms with Gasteiger partial charge in [-0.05, 0) is 49.9 Å². The van der Waals surface area contributed by atoms with E-state index in [0.717, 1.165) is 31.8 Å². The first-order valence-electron chi connectivity index (χ1n) is 7.57. The molecule has 2 aromatic rings. The molecule has 1 aromatic carbocycles. The molecule has 1 aliphatic rings. The molecule has 112 valence electrons. The van der Waals surface area contributed by atoms with Gasteiger partial charge in [-0.25, -0.2) is 4.39 Å². The van der Waals surface area contributed by atoms with Crippen molar-refractivity contribution in [2.45, 2.75) is 32.1 Å². The average Bonchev–Trinajstić information content (AvgIpc) is 2.96. The molecule has 1 fully saturated rings. The minimum Gasteiger partial charge on any atom is -0.339 e. The van der Waals surface area contributed by atoms with Crippen LogP contribution in [0.25, 0.3) is 0 Å². The smallest absolute Gasteiger partial charge is 0.226 e. The van der Waals surface area contributed by atoms with Gasteiger partial charge in [0.1, 0.15) is 5.82 Å². The van der Waals surface area contributed by atoms with Crippen LogP contribution in [0, 0.1) is 11.7 Å². The Morgan fingerprint density at radius 2 is 2.05 bits per heavy atom. The Labute approximate surface area is 123 Å². The second kappa shape index (κ2) is 6.80. The van der Waals surface area contributed by atoms with Crippen molar-refractivity contribution < 1.29 is 8.91 Å². The highest BCUT2D eigenvalue weighted by atomic mass is 19.1. The Hall–Kier alpha value is -1.75. The van der Waals surface area contributed by atoms with Gasteiger partial charge in [-0.15, -0.1) is 0 Å². The molecule has 1 N–H and O–H groups in total. The summed E-state index contributed by atoms with van der Waals surface area (Å²) >= 11 is 0. The number of rotatable bonds is 5. The van der Waals surface area contributed by atoms with Crippen LogP contribution in [-0.2, 0) is 12.8 Å². The molecule has 3 rings (SSSR count). The summed E-state index contributed by atoms with van der Waals surface area (Å²) in [6, 6.07) is 6.70. The molecule has 0 radical (unpaired) electrons. The molecule has 1 saturated heterocycles. The fourth-order valence-corrected chi connectivity index (χ4v) is 2.77. The van der Waals surface area contributed by atoms with E-state index in [4.69, 9.17) is 4.52 Å². The lowest BCUT2D eigenvalue weighted by atomic mass is 9.93. The topological polar surface area (TPSA) is 51.0 Å². The molecule has 2 heterocycles. The lowest BCUT2D eigenvalue weighted by molar-refractivity contribution is 0.323. The molecule has 0 aliphatic carbocycles. The summed E-state index contributed by atoms with van der Waals surface area (Å²) in [6.07, 6.45) is 4.72. The number of aryl methyl sites for hydroxylation is 1. The zero-order valence-corrected chi connectivity index (χ0v) is 12.0. The highest BCUT2D eigenvalue weighted by molar-refractivity contribution is 5.20. The van der Waals surface area contributed by atoms with E-state index in [2.05, 4.69) is 15.5 Å². The molecule has 0 bridgehead atoms. The summed E-state index contributed by atoms with van der Waals surface area (Å²) in [5.74, 6) is 1.74. The quantitative estimate of drug-likeness (QED) is 0.919. The van der Waals surface area contributed by atoms with E-state index in [1.165, 1.54) is 18.9 Å². The Morgan fingerprint density at radius 3 is 2.86 bits per heavy atom. The summed E-state index contributed by atoms with van der Waals surface area (Å²) in [4.78, 5) is 4.37. The van der Waals surface area contributed by atoms with Gasteiger partial charge in [0.2, 0.25) is 5.89 Å². The van der Waals surface area contributed by atoms with Gasteiger partial charge < -0.3 is 9.84 Å². The molecule has 0 spiro atoms. The van der Waals surface area contributed by atoms with Gasteiger partial charge >= 0.3 is 0 Å². The molecule has 21 heavy (non-hydrogen) atoms. The van der Waals surface area contributed by atoms with E-state index in [-0.39, 0.29) is 5.82 Å². The fourth-order valence-electron chi connectivity index (χ4n) is 2.77. The van der Waals surface area contributed by atoms with Crippen LogP contribution in [0.3, 0.4) is 0 Å². The van der Waals surface area contributed by atoms with E-state index in [1.54, 1.807) is 12.1 Å². The Bertz CT molecular complexity index is 578. The van der Waals surface area contributed by atoms with E-state index in [1.807, 2.05) is 6.07 Å².